The molecule has 0 aromatic heterocycles. The third-order valence-corrected chi connectivity index (χ3v) is 14.5. The number of anilines is 3. The minimum Gasteiger partial charge on any atom is -0.310 e. The smallest absolute Gasteiger partial charge is 0.0713 e. The summed E-state index contributed by atoms with van der Waals surface area (Å²) >= 11 is 0. The maximum absolute atomic E-state index is 2.60. The predicted molar refractivity (Wildman–Crippen MR) is 259 cm³/mol. The Morgan fingerprint density at radius 2 is 0.726 bits per heavy atom. The lowest BCUT2D eigenvalue weighted by atomic mass is 9.66. The molecule has 62 heavy (non-hydrogen) atoms. The zero-order valence-electron chi connectivity index (χ0n) is 35.7. The molecule has 1 heteroatoms. The van der Waals surface area contributed by atoms with Crippen LogP contribution in [-0.4, -0.2) is 0 Å². The second kappa shape index (κ2) is 13.4. The van der Waals surface area contributed by atoms with Gasteiger partial charge in [-0.05, 0) is 125 Å². The average Bonchev–Trinajstić information content (AvgIpc) is 3.84. The van der Waals surface area contributed by atoms with E-state index in [0.29, 0.717) is 0 Å². The lowest BCUT2D eigenvalue weighted by Crippen LogP contribution is -2.29. The molecule has 0 fully saturated rings. The van der Waals surface area contributed by atoms with Crippen molar-refractivity contribution in [2.45, 2.75) is 43.9 Å². The van der Waals surface area contributed by atoms with E-state index in [1.165, 1.54) is 94.7 Å². The Kier molecular flexibility index (Phi) is 7.91. The van der Waals surface area contributed by atoms with Crippen LogP contribution in [0.5, 0.6) is 0 Å². The van der Waals surface area contributed by atoms with Crippen molar-refractivity contribution in [3.8, 4) is 44.5 Å². The fourth-order valence-corrected chi connectivity index (χ4v) is 11.7. The van der Waals surface area contributed by atoms with E-state index in [1.54, 1.807) is 0 Å². The normalized spacial score (nSPS) is 15.2. The number of hydrogen-bond donors (Lipinski definition) is 0. The first-order valence-corrected chi connectivity index (χ1v) is 22.0. The maximum atomic E-state index is 2.60. The highest BCUT2D eigenvalue weighted by Gasteiger charge is 2.50. The van der Waals surface area contributed by atoms with E-state index in [2.05, 4.69) is 245 Å². The van der Waals surface area contributed by atoms with Gasteiger partial charge in [-0.15, -0.1) is 0 Å². The topological polar surface area (TPSA) is 3.24 Å². The molecule has 0 atom stereocenters. The second-order valence-electron chi connectivity index (χ2n) is 18.4. The van der Waals surface area contributed by atoms with Gasteiger partial charge in [-0.3, -0.25) is 0 Å². The van der Waals surface area contributed by atoms with Crippen molar-refractivity contribution >= 4 is 17.1 Å². The molecule has 1 nitrogen and oxygen atoms in total. The summed E-state index contributed by atoms with van der Waals surface area (Å²) in [5.41, 5.74) is 23.8. The largest absolute Gasteiger partial charge is 0.310 e. The van der Waals surface area contributed by atoms with Gasteiger partial charge in [-0.2, -0.15) is 0 Å². The first kappa shape index (κ1) is 36.6. The summed E-state index contributed by atoms with van der Waals surface area (Å²) in [6.07, 6.45) is 0. The molecule has 3 aliphatic carbocycles. The second-order valence-corrected chi connectivity index (χ2v) is 18.4. The monoisotopic (exact) mass is 793 g/mol. The highest BCUT2D eigenvalue weighted by molar-refractivity contribution is 6.05. The molecular weight excluding hydrogens is 747 g/mol. The van der Waals surface area contributed by atoms with E-state index in [-0.39, 0.29) is 10.8 Å². The summed E-state index contributed by atoms with van der Waals surface area (Å²) < 4.78 is 0. The van der Waals surface area contributed by atoms with Gasteiger partial charge in [-0.25, -0.2) is 0 Å². The molecule has 0 unspecified atom stereocenters. The molecule has 9 aromatic carbocycles. The van der Waals surface area contributed by atoms with Crippen LogP contribution >= 0.6 is 0 Å². The molecule has 0 N–H and O–H groups in total. The van der Waals surface area contributed by atoms with Crippen molar-refractivity contribution in [1.82, 2.24) is 0 Å². The third-order valence-electron chi connectivity index (χ3n) is 14.5. The van der Waals surface area contributed by atoms with Crippen molar-refractivity contribution in [3.05, 3.63) is 257 Å². The van der Waals surface area contributed by atoms with Gasteiger partial charge in [0.1, 0.15) is 0 Å². The van der Waals surface area contributed by atoms with E-state index < -0.39 is 5.41 Å². The average molecular weight is 794 g/mol. The van der Waals surface area contributed by atoms with Crippen LogP contribution < -0.4 is 4.90 Å². The van der Waals surface area contributed by atoms with Crippen LogP contribution in [0, 0.1) is 0 Å². The minimum absolute atomic E-state index is 0.104. The van der Waals surface area contributed by atoms with Crippen molar-refractivity contribution < 1.29 is 0 Å². The molecule has 9 aromatic rings. The van der Waals surface area contributed by atoms with Crippen LogP contribution in [0.25, 0.3) is 44.5 Å². The highest BCUT2D eigenvalue weighted by Crippen LogP contribution is 2.64. The molecule has 0 radical (unpaired) electrons. The number of hydrogen-bond acceptors (Lipinski definition) is 1. The number of benzene rings is 9. The van der Waals surface area contributed by atoms with Crippen LogP contribution in [0.2, 0.25) is 0 Å². The molecule has 0 spiro atoms. The van der Waals surface area contributed by atoms with E-state index in [4.69, 9.17) is 0 Å². The van der Waals surface area contributed by atoms with Crippen LogP contribution in [0.1, 0.15) is 72.2 Å². The summed E-state index contributed by atoms with van der Waals surface area (Å²) in [5.74, 6) is 0. The van der Waals surface area contributed by atoms with Crippen LogP contribution in [0.3, 0.4) is 0 Å². The summed E-state index contributed by atoms with van der Waals surface area (Å²) in [6.45, 7) is 9.63. The summed E-state index contributed by atoms with van der Waals surface area (Å²) in [7, 11) is 0. The zero-order valence-corrected chi connectivity index (χ0v) is 35.7. The van der Waals surface area contributed by atoms with E-state index >= 15 is 0 Å². The van der Waals surface area contributed by atoms with E-state index in [9.17, 15) is 0 Å². The molecule has 0 aliphatic heterocycles. The molecule has 3 aliphatic rings. The van der Waals surface area contributed by atoms with Crippen molar-refractivity contribution in [1.29, 1.82) is 0 Å². The lowest BCUT2D eigenvalue weighted by Gasteiger charge is -2.35. The van der Waals surface area contributed by atoms with Gasteiger partial charge in [0.25, 0.3) is 0 Å². The van der Waals surface area contributed by atoms with E-state index in [0.717, 1.165) is 11.4 Å². The fourth-order valence-electron chi connectivity index (χ4n) is 11.7. The summed E-state index contributed by atoms with van der Waals surface area (Å²) in [4.78, 5) is 2.46. The van der Waals surface area contributed by atoms with Crippen LogP contribution in [0.4, 0.5) is 17.1 Å². The number of rotatable bonds is 6. The Morgan fingerprint density at radius 1 is 0.290 bits per heavy atom. The van der Waals surface area contributed by atoms with Crippen molar-refractivity contribution in [2.75, 3.05) is 4.90 Å². The number of fused-ring (bicyclic) bond motifs is 9. The van der Waals surface area contributed by atoms with Gasteiger partial charge in [0, 0.05) is 27.9 Å². The maximum Gasteiger partial charge on any atom is 0.0713 e. The Bertz CT molecular complexity index is 3170. The molecule has 0 heterocycles. The third kappa shape index (κ3) is 4.97. The van der Waals surface area contributed by atoms with Gasteiger partial charge in [0.2, 0.25) is 0 Å². The van der Waals surface area contributed by atoms with E-state index in [1.807, 2.05) is 0 Å². The fraction of sp³-hybridized carbons (Fsp3) is 0.115. The molecule has 0 saturated heterocycles. The number of nitrogens with zero attached hydrogens (tertiary/aromatic N) is 1. The molecule has 0 amide bonds. The standard InChI is InChI=1S/C61H47N/c1-59(2)50-31-19-17-29-46(50)47-35-33-44(37-52(47)59)62(43-27-15-8-16-28-43)45-34-36-49-53(38-45)60(3,4)54-39-55-58(56(57(49)54)40-21-9-5-10-22-40)48-30-18-20-32-51(48)61(55,41-23-11-6-12-24-41)42-25-13-7-14-26-42/h5-39H,1-4H3. The molecule has 296 valence electrons. The quantitative estimate of drug-likeness (QED) is 0.162. The minimum atomic E-state index is -0.506. The van der Waals surface area contributed by atoms with Gasteiger partial charge < -0.3 is 4.90 Å². The lowest BCUT2D eigenvalue weighted by molar-refractivity contribution is 0.656. The van der Waals surface area contributed by atoms with Gasteiger partial charge in [0.15, 0.2) is 0 Å². The molecule has 0 bridgehead atoms. The summed E-state index contributed by atoms with van der Waals surface area (Å²) in [6, 6.07) is 79.5. The van der Waals surface area contributed by atoms with Crippen LogP contribution in [0.15, 0.2) is 212 Å². The summed E-state index contributed by atoms with van der Waals surface area (Å²) in [5, 5.41) is 0. The Hall–Kier alpha value is -7.22. The Morgan fingerprint density at radius 3 is 1.35 bits per heavy atom. The van der Waals surface area contributed by atoms with Crippen molar-refractivity contribution in [2.24, 2.45) is 0 Å². The first-order chi connectivity index (χ1) is 30.3. The van der Waals surface area contributed by atoms with Gasteiger partial charge in [0.05, 0.1) is 5.41 Å². The van der Waals surface area contributed by atoms with Crippen molar-refractivity contribution in [3.63, 3.8) is 0 Å². The predicted octanol–water partition coefficient (Wildman–Crippen LogP) is 15.8. The molecular formula is C61H47N. The van der Waals surface area contributed by atoms with Crippen LogP contribution in [-0.2, 0) is 16.2 Å². The van der Waals surface area contributed by atoms with Gasteiger partial charge in [-0.1, -0.05) is 204 Å². The number of para-hydroxylation sites is 1. The zero-order chi connectivity index (χ0) is 41.8. The SMILES string of the molecule is CC1(C)c2ccccc2-c2ccc(N(c3ccccc3)c3ccc4c(c3)C(C)(C)c3cc5c(c(-c6ccccc6)c3-4)-c3ccccc3C5(c3ccccc3)c3ccccc3)cc21. The van der Waals surface area contributed by atoms with Gasteiger partial charge >= 0.3 is 0 Å². The Balaban J connectivity index is 1.12. The molecule has 0 saturated carbocycles. The Labute approximate surface area is 365 Å². The first-order valence-electron chi connectivity index (χ1n) is 22.0. The highest BCUT2D eigenvalue weighted by atomic mass is 15.1. The molecule has 12 rings (SSSR count).